The molecule has 16 heteroatoms. The highest BCUT2D eigenvalue weighted by atomic mass is 32.1. The first-order chi connectivity index (χ1) is 30.2. The summed E-state index contributed by atoms with van der Waals surface area (Å²) >= 11 is 1.59. The van der Waals surface area contributed by atoms with Gasteiger partial charge in [0.2, 0.25) is 11.8 Å². The van der Waals surface area contributed by atoms with Crippen molar-refractivity contribution in [2.75, 3.05) is 32.8 Å². The van der Waals surface area contributed by atoms with Gasteiger partial charge in [-0.05, 0) is 97.3 Å². The number of fused-ring (bicyclic) bond motifs is 2. The number of rotatable bonds is 13. The minimum absolute atomic E-state index is 0.0529. The number of aromatic nitrogens is 5. The van der Waals surface area contributed by atoms with E-state index >= 15 is 0 Å². The zero-order chi connectivity index (χ0) is 44.2. The maximum Gasteiger partial charge on any atom is 0.254 e. The molecule has 4 N–H and O–H groups in total. The van der Waals surface area contributed by atoms with E-state index in [1.165, 1.54) is 16.2 Å². The monoisotopic (exact) mass is 870 g/mol. The summed E-state index contributed by atoms with van der Waals surface area (Å²) in [5.41, 5.74) is 8.61. The van der Waals surface area contributed by atoms with Crippen molar-refractivity contribution in [2.45, 2.75) is 83.3 Å². The van der Waals surface area contributed by atoms with Gasteiger partial charge in [-0.2, -0.15) is 0 Å². The summed E-state index contributed by atoms with van der Waals surface area (Å²) in [7, 11) is 1.94. The number of aromatic amines is 1. The average Bonchev–Trinajstić information content (AvgIpc) is 4.12. The van der Waals surface area contributed by atoms with Gasteiger partial charge >= 0.3 is 0 Å². The van der Waals surface area contributed by atoms with Crippen LogP contribution in [0.5, 0.6) is 11.6 Å². The lowest BCUT2D eigenvalue weighted by atomic mass is 9.73. The number of aromatic hydroxyl groups is 1. The predicted molar refractivity (Wildman–Crippen MR) is 243 cm³/mol. The van der Waals surface area contributed by atoms with Crippen molar-refractivity contribution in [1.29, 1.82) is 0 Å². The molecular formula is C47H55BN8O6S. The molecule has 2 saturated heterocycles. The van der Waals surface area contributed by atoms with E-state index < -0.39 is 23.5 Å². The molecule has 9 rings (SSSR count). The molecule has 3 aliphatic rings. The van der Waals surface area contributed by atoms with Gasteiger partial charge < -0.3 is 34.7 Å². The number of H-pyrrole nitrogens is 1. The number of likely N-dealkylation sites (tertiary alicyclic amines) is 2. The lowest BCUT2D eigenvalue weighted by Gasteiger charge is -2.33. The smallest absolute Gasteiger partial charge is 0.254 e. The van der Waals surface area contributed by atoms with Gasteiger partial charge in [0.1, 0.15) is 32.2 Å². The number of hydrogen-bond acceptors (Lipinski definition) is 12. The molecule has 2 aliphatic heterocycles. The molecule has 0 unspecified atom stereocenters. The van der Waals surface area contributed by atoms with E-state index in [0.717, 1.165) is 65.2 Å². The molecule has 0 radical (unpaired) electrons. The number of para-hydroxylation sites is 1. The molecule has 0 bridgehead atoms. The number of ether oxygens (including phenoxy) is 1. The van der Waals surface area contributed by atoms with Crippen molar-refractivity contribution in [3.63, 3.8) is 0 Å². The van der Waals surface area contributed by atoms with E-state index in [9.17, 15) is 19.8 Å². The summed E-state index contributed by atoms with van der Waals surface area (Å²) in [5, 5.41) is 38.4. The lowest BCUT2D eigenvalue weighted by molar-refractivity contribution is -0.141. The van der Waals surface area contributed by atoms with Gasteiger partial charge in [-0.15, -0.1) is 21.5 Å². The summed E-state index contributed by atoms with van der Waals surface area (Å²) < 4.78 is 11.8. The SMILES string of the molecule is B[C@](C)(NC(=O)[C@@H]1C[C@@H](O)CN1C(=O)[C@@H](c1cc(OCCN2C[C@H]3C[C@H](c4[nH]c5nnc(-c6ccccc6O)cc5c4C)C[C@H]3C2)no1)C(C)C)c1ccc(-c2scnc2C)cc1. The topological polar surface area (TPSA) is 183 Å². The second-order valence-electron chi connectivity index (χ2n) is 18.6. The number of benzene rings is 2. The Kier molecular flexibility index (Phi) is 11.7. The highest BCUT2D eigenvalue weighted by molar-refractivity contribution is 7.13. The van der Waals surface area contributed by atoms with Crippen LogP contribution in [0.4, 0.5) is 0 Å². The molecule has 6 heterocycles. The maximum atomic E-state index is 14.3. The number of carbonyl (C=O) groups is 2. The van der Waals surface area contributed by atoms with Crippen LogP contribution in [0.2, 0.25) is 0 Å². The predicted octanol–water partition coefficient (Wildman–Crippen LogP) is 5.89. The number of nitrogens with one attached hydrogen (secondary N) is 2. The first-order valence-corrected chi connectivity index (χ1v) is 22.9. The molecule has 328 valence electrons. The third-order valence-corrected chi connectivity index (χ3v) is 14.6. The van der Waals surface area contributed by atoms with E-state index in [1.807, 2.05) is 83.5 Å². The number of carbonyl (C=O) groups excluding carboxylic acids is 2. The van der Waals surface area contributed by atoms with Crippen LogP contribution < -0.4 is 10.1 Å². The Morgan fingerprint density at radius 1 is 1.05 bits per heavy atom. The quantitative estimate of drug-likeness (QED) is 0.102. The van der Waals surface area contributed by atoms with Crippen LogP contribution in [0.1, 0.15) is 80.1 Å². The fourth-order valence-corrected chi connectivity index (χ4v) is 11.1. The van der Waals surface area contributed by atoms with Gasteiger partial charge in [-0.25, -0.2) is 4.98 Å². The molecule has 2 amide bonds. The molecule has 1 aliphatic carbocycles. The van der Waals surface area contributed by atoms with Crippen molar-refractivity contribution in [1.82, 2.24) is 40.4 Å². The second kappa shape index (κ2) is 17.2. The molecule has 7 atom stereocenters. The zero-order valence-electron chi connectivity index (χ0n) is 36.7. The number of aliphatic hydroxyl groups excluding tert-OH is 1. The van der Waals surface area contributed by atoms with Crippen molar-refractivity contribution in [3.8, 4) is 33.3 Å². The zero-order valence-corrected chi connectivity index (χ0v) is 37.5. The van der Waals surface area contributed by atoms with Crippen LogP contribution in [0, 0.1) is 31.6 Å². The Bertz CT molecular complexity index is 2610. The van der Waals surface area contributed by atoms with Crippen molar-refractivity contribution in [3.05, 3.63) is 94.4 Å². The van der Waals surface area contributed by atoms with Gasteiger partial charge in [0.25, 0.3) is 5.88 Å². The third kappa shape index (κ3) is 8.48. The Morgan fingerprint density at radius 3 is 2.49 bits per heavy atom. The Hall–Kier alpha value is -5.58. The molecule has 14 nitrogen and oxygen atoms in total. The third-order valence-electron chi connectivity index (χ3n) is 13.6. The maximum absolute atomic E-state index is 14.3. The summed E-state index contributed by atoms with van der Waals surface area (Å²) in [4.78, 5) is 41.2. The van der Waals surface area contributed by atoms with Crippen molar-refractivity contribution >= 4 is 42.0 Å². The standard InChI is InChI=1S/C47H55BN8O6S/c1-25(2)41(46(60)56-23-33(57)18-37(56)45(59)51-47(5,48)32-12-10-28(11-13-32)43-27(4)49-24-63-43)39-20-40(54-62-39)61-15-14-55-21-30-16-29(17-31(30)22-55)42-26(3)35-19-36(52-53-44(35)50-42)34-8-6-7-9-38(34)58/h6-13,19-20,24-25,29-31,33,37,41,57-58H,14-18,21-23,48H2,1-5H3,(H,50,53)(H,51,59)/t29-,30+,31-,33-,37+,41-,47-/m1/s1. The lowest BCUT2D eigenvalue weighted by Crippen LogP contribution is -2.53. The fourth-order valence-electron chi connectivity index (χ4n) is 10.2. The average molecular weight is 871 g/mol. The number of phenolic OH excluding ortho intramolecular Hbond substituents is 1. The van der Waals surface area contributed by atoms with E-state index in [-0.39, 0.29) is 36.4 Å². The fraction of sp³-hybridized carbons (Fsp3) is 0.447. The van der Waals surface area contributed by atoms with E-state index in [0.29, 0.717) is 47.3 Å². The normalized spacial score (nSPS) is 22.7. The van der Waals surface area contributed by atoms with Gasteiger partial charge in [0.15, 0.2) is 11.4 Å². The molecule has 63 heavy (non-hydrogen) atoms. The summed E-state index contributed by atoms with van der Waals surface area (Å²) in [6.45, 7) is 13.2. The Labute approximate surface area is 371 Å². The number of β-amino-alcohol motifs (C(OH)–C–C–N with tert-alkyl or cyclic N) is 1. The molecular weight excluding hydrogens is 815 g/mol. The van der Waals surface area contributed by atoms with Crippen LogP contribution in [-0.4, -0.2) is 110 Å². The molecule has 1 saturated carbocycles. The highest BCUT2D eigenvalue weighted by Crippen LogP contribution is 2.47. The Morgan fingerprint density at radius 2 is 1.79 bits per heavy atom. The number of thiazole rings is 1. The summed E-state index contributed by atoms with van der Waals surface area (Å²) in [6.07, 6.45) is 1.52. The molecule has 2 aromatic carbocycles. The molecule has 0 spiro atoms. The largest absolute Gasteiger partial charge is 0.507 e. The van der Waals surface area contributed by atoms with Gasteiger partial charge in [-0.1, -0.05) is 50.2 Å². The van der Waals surface area contributed by atoms with E-state index in [4.69, 9.17) is 9.26 Å². The van der Waals surface area contributed by atoms with Crippen LogP contribution in [-0.2, 0) is 15.0 Å². The van der Waals surface area contributed by atoms with Crippen LogP contribution >= 0.6 is 11.3 Å². The highest BCUT2D eigenvalue weighted by Gasteiger charge is 2.45. The minimum Gasteiger partial charge on any atom is -0.507 e. The van der Waals surface area contributed by atoms with Gasteiger partial charge in [0, 0.05) is 60.7 Å². The summed E-state index contributed by atoms with van der Waals surface area (Å²) in [5.74, 6) is 0.984. The number of phenols is 1. The number of aliphatic hydroxyl groups is 1. The summed E-state index contributed by atoms with van der Waals surface area (Å²) in [6, 6.07) is 18.2. The van der Waals surface area contributed by atoms with E-state index in [1.54, 1.807) is 29.5 Å². The van der Waals surface area contributed by atoms with Crippen LogP contribution in [0.15, 0.2) is 70.7 Å². The molecule has 4 aromatic heterocycles. The van der Waals surface area contributed by atoms with E-state index in [2.05, 4.69) is 42.5 Å². The van der Waals surface area contributed by atoms with Crippen LogP contribution in [0.3, 0.4) is 0 Å². The number of nitrogens with zero attached hydrogens (tertiary/aromatic N) is 6. The van der Waals surface area contributed by atoms with Crippen molar-refractivity contribution < 1.29 is 29.1 Å². The van der Waals surface area contributed by atoms with Gasteiger partial charge in [-0.3, -0.25) is 14.5 Å². The Balaban J connectivity index is 0.780. The first kappa shape index (κ1) is 42.7. The first-order valence-electron chi connectivity index (χ1n) is 22.0. The van der Waals surface area contributed by atoms with Crippen molar-refractivity contribution in [2.24, 2.45) is 17.8 Å². The molecule has 6 aromatic rings. The minimum atomic E-state index is -0.842. The van der Waals surface area contributed by atoms with Gasteiger partial charge in [0.05, 0.1) is 27.9 Å². The second-order valence-corrected chi connectivity index (χ2v) is 19.5. The van der Waals surface area contributed by atoms with Crippen LogP contribution in [0.25, 0.3) is 32.7 Å². The number of amides is 2. The molecule has 3 fully saturated rings. The number of hydrogen-bond donors (Lipinski definition) is 4. The number of aryl methyl sites for hydroxylation is 2.